The molecular formula is C14H15N3O3S. The van der Waals surface area contributed by atoms with Gasteiger partial charge in [0.25, 0.3) is 10.0 Å². The highest BCUT2D eigenvalue weighted by atomic mass is 32.2. The number of benzene rings is 1. The molecule has 0 saturated carbocycles. The molecule has 0 fully saturated rings. The van der Waals surface area contributed by atoms with Crippen LogP contribution in [0, 0.1) is 18.8 Å². The summed E-state index contributed by atoms with van der Waals surface area (Å²) in [5.41, 5.74) is 1.82. The van der Waals surface area contributed by atoms with E-state index < -0.39 is 10.0 Å². The van der Waals surface area contributed by atoms with Gasteiger partial charge in [-0.05, 0) is 24.6 Å². The minimum atomic E-state index is -3.73. The van der Waals surface area contributed by atoms with Gasteiger partial charge in [0.05, 0.1) is 12.0 Å². The van der Waals surface area contributed by atoms with Crippen LogP contribution < -0.4 is 4.72 Å². The van der Waals surface area contributed by atoms with Crippen molar-refractivity contribution in [3.8, 4) is 11.8 Å². The Hall–Kier alpha value is -2.30. The molecule has 1 aromatic heterocycles. The van der Waals surface area contributed by atoms with Crippen molar-refractivity contribution in [2.24, 2.45) is 7.05 Å². The predicted octanol–water partition coefficient (Wildman–Crippen LogP) is 0.873. The van der Waals surface area contributed by atoms with Gasteiger partial charge in [-0.15, -0.1) is 0 Å². The van der Waals surface area contributed by atoms with Crippen molar-refractivity contribution in [2.45, 2.75) is 11.9 Å². The molecule has 0 radical (unpaired) electrons. The SMILES string of the molecule is Cc1ccc(C#CCO)cc1NS(=O)(=O)c1cn(C)cn1. The molecule has 0 aliphatic heterocycles. The zero-order chi connectivity index (χ0) is 15.5. The highest BCUT2D eigenvalue weighted by Crippen LogP contribution is 2.20. The molecule has 0 amide bonds. The second kappa shape index (κ2) is 5.99. The van der Waals surface area contributed by atoms with Crippen molar-refractivity contribution in [1.82, 2.24) is 9.55 Å². The fraction of sp³-hybridized carbons (Fsp3) is 0.214. The van der Waals surface area contributed by atoms with E-state index in [9.17, 15) is 8.42 Å². The average Bonchev–Trinajstić information content (AvgIpc) is 2.87. The van der Waals surface area contributed by atoms with Crippen LogP contribution in [0.25, 0.3) is 0 Å². The fourth-order valence-corrected chi connectivity index (χ4v) is 2.78. The summed E-state index contributed by atoms with van der Waals surface area (Å²) < 4.78 is 28.5. The second-order valence-electron chi connectivity index (χ2n) is 4.47. The number of aliphatic hydroxyl groups excluding tert-OH is 1. The number of imidazole rings is 1. The minimum Gasteiger partial charge on any atom is -0.384 e. The van der Waals surface area contributed by atoms with E-state index >= 15 is 0 Å². The van der Waals surface area contributed by atoms with Crippen LogP contribution >= 0.6 is 0 Å². The molecule has 0 atom stereocenters. The summed E-state index contributed by atoms with van der Waals surface area (Å²) in [6.45, 7) is 1.54. The van der Waals surface area contributed by atoms with Gasteiger partial charge in [0.2, 0.25) is 0 Å². The zero-order valence-electron chi connectivity index (χ0n) is 11.7. The Kier molecular flexibility index (Phi) is 4.31. The van der Waals surface area contributed by atoms with Crippen LogP contribution in [-0.2, 0) is 17.1 Å². The molecule has 21 heavy (non-hydrogen) atoms. The average molecular weight is 305 g/mol. The lowest BCUT2D eigenvalue weighted by atomic mass is 10.1. The Bertz CT molecular complexity index is 813. The van der Waals surface area contributed by atoms with E-state index in [1.54, 1.807) is 36.7 Å². The van der Waals surface area contributed by atoms with Crippen LogP contribution in [0.4, 0.5) is 5.69 Å². The van der Waals surface area contributed by atoms with Crippen molar-refractivity contribution in [1.29, 1.82) is 0 Å². The maximum Gasteiger partial charge on any atom is 0.280 e. The third-order valence-corrected chi connectivity index (χ3v) is 4.00. The lowest BCUT2D eigenvalue weighted by Gasteiger charge is -2.09. The molecule has 6 nitrogen and oxygen atoms in total. The standard InChI is InChI=1S/C14H15N3O3S/c1-11-5-6-12(4-3-7-18)8-13(11)16-21(19,20)14-9-17(2)10-15-14/h5-6,8-10,16,18H,7H2,1-2H3. The molecule has 1 heterocycles. The number of hydrogen-bond donors (Lipinski definition) is 2. The van der Waals surface area contributed by atoms with Crippen LogP contribution in [-0.4, -0.2) is 29.7 Å². The number of aromatic nitrogens is 2. The number of aliphatic hydroxyl groups is 1. The number of sulfonamides is 1. The normalized spacial score (nSPS) is 10.8. The summed E-state index contributed by atoms with van der Waals surface area (Å²) in [6, 6.07) is 5.15. The van der Waals surface area contributed by atoms with Crippen LogP contribution in [0.15, 0.2) is 35.7 Å². The van der Waals surface area contributed by atoms with Crippen LogP contribution in [0.1, 0.15) is 11.1 Å². The molecule has 2 rings (SSSR count). The van der Waals surface area contributed by atoms with Gasteiger partial charge in [-0.2, -0.15) is 8.42 Å². The number of anilines is 1. The molecule has 0 aliphatic carbocycles. The van der Waals surface area contributed by atoms with E-state index in [1.807, 2.05) is 0 Å². The van der Waals surface area contributed by atoms with E-state index in [0.717, 1.165) is 5.56 Å². The first kappa shape index (κ1) is 15.1. The zero-order valence-corrected chi connectivity index (χ0v) is 12.5. The molecule has 0 aliphatic rings. The smallest absolute Gasteiger partial charge is 0.280 e. The molecule has 0 spiro atoms. The molecule has 1 aromatic carbocycles. The molecule has 2 N–H and O–H groups in total. The van der Waals surface area contributed by atoms with Crippen molar-refractivity contribution < 1.29 is 13.5 Å². The Labute approximate surface area is 123 Å². The van der Waals surface area contributed by atoms with E-state index in [0.29, 0.717) is 11.3 Å². The fourth-order valence-electron chi connectivity index (χ4n) is 1.68. The largest absolute Gasteiger partial charge is 0.384 e. The molecule has 0 bridgehead atoms. The van der Waals surface area contributed by atoms with Gasteiger partial charge in [0.1, 0.15) is 6.61 Å². The first-order valence-corrected chi connectivity index (χ1v) is 7.62. The number of aryl methyl sites for hydroxylation is 2. The monoisotopic (exact) mass is 305 g/mol. The Balaban J connectivity index is 2.34. The maximum atomic E-state index is 12.2. The first-order valence-electron chi connectivity index (χ1n) is 6.13. The topological polar surface area (TPSA) is 84.2 Å². The lowest BCUT2D eigenvalue weighted by Crippen LogP contribution is -2.14. The third-order valence-electron chi connectivity index (χ3n) is 2.75. The quantitative estimate of drug-likeness (QED) is 0.824. The third kappa shape index (κ3) is 3.62. The van der Waals surface area contributed by atoms with Crippen molar-refractivity contribution in [2.75, 3.05) is 11.3 Å². The minimum absolute atomic E-state index is 0.0451. The summed E-state index contributed by atoms with van der Waals surface area (Å²) >= 11 is 0. The highest BCUT2D eigenvalue weighted by Gasteiger charge is 2.18. The van der Waals surface area contributed by atoms with E-state index in [4.69, 9.17) is 5.11 Å². The lowest BCUT2D eigenvalue weighted by molar-refractivity contribution is 0.350. The van der Waals surface area contributed by atoms with Gasteiger partial charge in [0.15, 0.2) is 5.03 Å². The molecule has 110 valence electrons. The van der Waals surface area contributed by atoms with Crippen molar-refractivity contribution in [3.63, 3.8) is 0 Å². The summed E-state index contributed by atoms with van der Waals surface area (Å²) in [7, 11) is -2.03. The van der Waals surface area contributed by atoms with Gasteiger partial charge >= 0.3 is 0 Å². The van der Waals surface area contributed by atoms with Crippen LogP contribution in [0.3, 0.4) is 0 Å². The Morgan fingerprint density at radius 3 is 2.81 bits per heavy atom. The first-order chi connectivity index (χ1) is 9.92. The van der Waals surface area contributed by atoms with Crippen LogP contribution in [0.5, 0.6) is 0 Å². The van der Waals surface area contributed by atoms with Gasteiger partial charge in [-0.1, -0.05) is 17.9 Å². The molecule has 2 aromatic rings. The number of nitrogens with one attached hydrogen (secondary N) is 1. The predicted molar refractivity (Wildman–Crippen MR) is 79.2 cm³/mol. The summed E-state index contributed by atoms with van der Waals surface area (Å²) in [4.78, 5) is 3.84. The maximum absolute atomic E-state index is 12.2. The van der Waals surface area contributed by atoms with Crippen molar-refractivity contribution in [3.05, 3.63) is 41.9 Å². The highest BCUT2D eigenvalue weighted by molar-refractivity contribution is 7.92. The summed E-state index contributed by atoms with van der Waals surface area (Å²) in [5, 5.41) is 8.65. The molecule has 7 heteroatoms. The molecule has 0 saturated heterocycles. The summed E-state index contributed by atoms with van der Waals surface area (Å²) in [5.74, 6) is 5.26. The molecular weight excluding hydrogens is 290 g/mol. The number of hydrogen-bond acceptors (Lipinski definition) is 4. The van der Waals surface area contributed by atoms with Crippen LogP contribution in [0.2, 0.25) is 0 Å². The van der Waals surface area contributed by atoms with Gasteiger partial charge in [-0.25, -0.2) is 4.98 Å². The van der Waals surface area contributed by atoms with Gasteiger partial charge in [-0.3, -0.25) is 4.72 Å². The van der Waals surface area contributed by atoms with Gasteiger partial charge in [0, 0.05) is 18.8 Å². The number of rotatable bonds is 3. The van der Waals surface area contributed by atoms with E-state index in [-0.39, 0.29) is 11.6 Å². The Morgan fingerprint density at radius 2 is 2.19 bits per heavy atom. The summed E-state index contributed by atoms with van der Waals surface area (Å²) in [6.07, 6.45) is 2.84. The van der Waals surface area contributed by atoms with E-state index in [1.165, 1.54) is 12.5 Å². The Morgan fingerprint density at radius 1 is 1.43 bits per heavy atom. The second-order valence-corrected chi connectivity index (χ2v) is 6.10. The van der Waals surface area contributed by atoms with Crippen molar-refractivity contribution >= 4 is 15.7 Å². The van der Waals surface area contributed by atoms with Gasteiger partial charge < -0.3 is 9.67 Å². The molecule has 0 unspecified atom stereocenters. The number of nitrogens with zero attached hydrogens (tertiary/aromatic N) is 2. The van der Waals surface area contributed by atoms with E-state index in [2.05, 4.69) is 21.5 Å².